The fraction of sp³-hybridized carbons (Fsp3) is 0.364. The van der Waals surface area contributed by atoms with Gasteiger partial charge in [-0.3, -0.25) is 4.79 Å². The second-order valence-electron chi connectivity index (χ2n) is 3.39. The van der Waals surface area contributed by atoms with Crippen molar-refractivity contribution in [2.45, 2.75) is 24.3 Å². The molecule has 0 spiro atoms. The monoisotopic (exact) mass is 226 g/mol. The molecule has 1 rings (SSSR count). The average Bonchev–Trinajstić information content (AvgIpc) is 2.14. The van der Waals surface area contributed by atoms with Gasteiger partial charge in [0.2, 0.25) is 0 Å². The number of thioether (sulfide) groups is 1. The minimum Gasteiger partial charge on any atom is -0.508 e. The maximum atomic E-state index is 10.4. The summed E-state index contributed by atoms with van der Waals surface area (Å²) in [6, 6.07) is 7.02. The zero-order chi connectivity index (χ0) is 11.3. The van der Waals surface area contributed by atoms with Crippen LogP contribution in [0.4, 0.5) is 0 Å². The maximum Gasteiger partial charge on any atom is 0.304 e. The second-order valence-corrected chi connectivity index (χ2v) is 4.82. The van der Waals surface area contributed by atoms with E-state index < -0.39 is 5.97 Å². The van der Waals surface area contributed by atoms with Crippen LogP contribution in [-0.2, 0) is 10.5 Å². The van der Waals surface area contributed by atoms with Gasteiger partial charge in [-0.05, 0) is 17.7 Å². The Balaban J connectivity index is 2.40. The summed E-state index contributed by atoms with van der Waals surface area (Å²) in [6.07, 6.45) is 0.170. The van der Waals surface area contributed by atoms with Crippen LogP contribution in [0.25, 0.3) is 0 Å². The van der Waals surface area contributed by atoms with Crippen molar-refractivity contribution in [1.82, 2.24) is 0 Å². The van der Waals surface area contributed by atoms with Crippen LogP contribution < -0.4 is 0 Å². The summed E-state index contributed by atoms with van der Waals surface area (Å²) >= 11 is 1.57. The lowest BCUT2D eigenvalue weighted by Crippen LogP contribution is -2.05. The summed E-state index contributed by atoms with van der Waals surface area (Å²) in [5.74, 6) is 0.202. The molecule has 0 aliphatic carbocycles. The fourth-order valence-corrected chi connectivity index (χ4v) is 2.11. The minimum atomic E-state index is -0.772. The maximum absolute atomic E-state index is 10.4. The van der Waals surface area contributed by atoms with E-state index in [0.29, 0.717) is 0 Å². The quantitative estimate of drug-likeness (QED) is 0.809. The molecule has 1 atom stereocenters. The van der Waals surface area contributed by atoms with Crippen LogP contribution in [0.3, 0.4) is 0 Å². The summed E-state index contributed by atoms with van der Waals surface area (Å²) in [7, 11) is 0. The molecule has 15 heavy (non-hydrogen) atoms. The summed E-state index contributed by atoms with van der Waals surface area (Å²) < 4.78 is 0. The fourth-order valence-electron chi connectivity index (χ4n) is 1.19. The first kappa shape index (κ1) is 11.9. The second kappa shape index (κ2) is 5.66. The molecule has 4 heteroatoms. The molecule has 3 nitrogen and oxygen atoms in total. The predicted octanol–water partition coefficient (Wildman–Crippen LogP) is 2.49. The van der Waals surface area contributed by atoms with Crippen LogP contribution in [0.15, 0.2) is 24.3 Å². The number of benzene rings is 1. The Morgan fingerprint density at radius 3 is 2.87 bits per heavy atom. The standard InChI is InChI=1S/C11H14O3S/c1-8(5-11(13)14)15-7-9-3-2-4-10(12)6-9/h2-4,6,8,12H,5,7H2,1H3,(H,13,14). The van der Waals surface area contributed by atoms with Crippen LogP contribution >= 0.6 is 11.8 Å². The van der Waals surface area contributed by atoms with Crippen molar-refractivity contribution in [3.63, 3.8) is 0 Å². The summed E-state index contributed by atoms with van der Waals surface area (Å²) in [5, 5.41) is 17.9. The van der Waals surface area contributed by atoms with Gasteiger partial charge in [0.25, 0.3) is 0 Å². The van der Waals surface area contributed by atoms with Crippen molar-refractivity contribution in [2.75, 3.05) is 0 Å². The highest BCUT2D eigenvalue weighted by atomic mass is 32.2. The number of carboxylic acid groups (broad SMARTS) is 1. The molecule has 0 aromatic heterocycles. The number of hydrogen-bond acceptors (Lipinski definition) is 3. The molecule has 0 aliphatic heterocycles. The molecule has 0 fully saturated rings. The lowest BCUT2D eigenvalue weighted by molar-refractivity contribution is -0.136. The molecule has 1 aromatic rings. The summed E-state index contributed by atoms with van der Waals surface area (Å²) in [5.41, 5.74) is 1.01. The predicted molar refractivity (Wildman–Crippen MR) is 61.1 cm³/mol. The van der Waals surface area contributed by atoms with Crippen LogP contribution in [0.5, 0.6) is 5.75 Å². The van der Waals surface area contributed by atoms with Crippen molar-refractivity contribution in [1.29, 1.82) is 0 Å². The molecule has 82 valence electrons. The van der Waals surface area contributed by atoms with E-state index in [2.05, 4.69) is 0 Å². The number of aromatic hydroxyl groups is 1. The number of aliphatic carboxylic acids is 1. The zero-order valence-corrected chi connectivity index (χ0v) is 9.33. The minimum absolute atomic E-state index is 0.0878. The van der Waals surface area contributed by atoms with Crippen molar-refractivity contribution in [3.05, 3.63) is 29.8 Å². The van der Waals surface area contributed by atoms with Gasteiger partial charge >= 0.3 is 5.97 Å². The molecule has 0 heterocycles. The summed E-state index contributed by atoms with van der Waals surface area (Å²) in [6.45, 7) is 1.89. The van der Waals surface area contributed by atoms with Gasteiger partial charge in [0, 0.05) is 11.0 Å². The first-order valence-electron chi connectivity index (χ1n) is 4.69. The molecule has 1 aromatic carbocycles. The topological polar surface area (TPSA) is 57.5 Å². The molecular weight excluding hydrogens is 212 g/mol. The molecular formula is C11H14O3S. The van der Waals surface area contributed by atoms with Crippen molar-refractivity contribution in [2.24, 2.45) is 0 Å². The van der Waals surface area contributed by atoms with Crippen LogP contribution in [0, 0.1) is 0 Å². The Morgan fingerprint density at radius 2 is 2.27 bits per heavy atom. The number of carbonyl (C=O) groups is 1. The molecule has 0 bridgehead atoms. The van der Waals surface area contributed by atoms with Crippen molar-refractivity contribution >= 4 is 17.7 Å². The number of carboxylic acids is 1. The SMILES string of the molecule is CC(CC(=O)O)SCc1cccc(O)c1. The average molecular weight is 226 g/mol. The van der Waals surface area contributed by atoms with Gasteiger partial charge < -0.3 is 10.2 Å². The largest absolute Gasteiger partial charge is 0.508 e. The van der Waals surface area contributed by atoms with E-state index in [9.17, 15) is 9.90 Å². The molecule has 0 saturated heterocycles. The lowest BCUT2D eigenvalue weighted by Gasteiger charge is -2.08. The van der Waals surface area contributed by atoms with Gasteiger partial charge in [-0.2, -0.15) is 11.8 Å². The molecule has 1 unspecified atom stereocenters. The Labute approximate surface area is 93.1 Å². The first-order valence-corrected chi connectivity index (χ1v) is 5.74. The lowest BCUT2D eigenvalue weighted by atomic mass is 10.2. The van der Waals surface area contributed by atoms with Gasteiger partial charge in [0.1, 0.15) is 5.75 Å². The Bertz CT molecular complexity index is 338. The van der Waals surface area contributed by atoms with Gasteiger partial charge in [0.15, 0.2) is 0 Å². The molecule has 0 saturated carbocycles. The van der Waals surface area contributed by atoms with E-state index in [1.54, 1.807) is 30.0 Å². The van der Waals surface area contributed by atoms with E-state index in [4.69, 9.17) is 5.11 Å². The smallest absolute Gasteiger partial charge is 0.304 e. The third kappa shape index (κ3) is 4.74. The normalized spacial score (nSPS) is 12.3. The van der Waals surface area contributed by atoms with E-state index in [1.165, 1.54) is 0 Å². The Kier molecular flexibility index (Phi) is 4.49. The first-order chi connectivity index (χ1) is 7.08. The highest BCUT2D eigenvalue weighted by Gasteiger charge is 2.07. The zero-order valence-electron chi connectivity index (χ0n) is 8.51. The van der Waals surface area contributed by atoms with Crippen LogP contribution in [0.1, 0.15) is 18.9 Å². The number of rotatable bonds is 5. The molecule has 0 radical (unpaired) electrons. The van der Waals surface area contributed by atoms with E-state index >= 15 is 0 Å². The van der Waals surface area contributed by atoms with Crippen molar-refractivity contribution in [3.8, 4) is 5.75 Å². The molecule has 0 amide bonds. The van der Waals surface area contributed by atoms with Crippen LogP contribution in [0.2, 0.25) is 0 Å². The van der Waals surface area contributed by atoms with Crippen molar-refractivity contribution < 1.29 is 15.0 Å². The third-order valence-electron chi connectivity index (χ3n) is 1.91. The summed E-state index contributed by atoms with van der Waals surface area (Å²) in [4.78, 5) is 10.4. The van der Waals surface area contributed by atoms with Gasteiger partial charge in [-0.15, -0.1) is 0 Å². The molecule has 2 N–H and O–H groups in total. The van der Waals surface area contributed by atoms with Crippen LogP contribution in [-0.4, -0.2) is 21.4 Å². The third-order valence-corrected chi connectivity index (χ3v) is 3.14. The van der Waals surface area contributed by atoms with Gasteiger partial charge in [-0.25, -0.2) is 0 Å². The van der Waals surface area contributed by atoms with E-state index in [0.717, 1.165) is 11.3 Å². The van der Waals surface area contributed by atoms with E-state index in [1.807, 2.05) is 13.0 Å². The number of phenolic OH excluding ortho intramolecular Hbond substituents is 1. The highest BCUT2D eigenvalue weighted by Crippen LogP contribution is 2.21. The Morgan fingerprint density at radius 1 is 1.53 bits per heavy atom. The van der Waals surface area contributed by atoms with Gasteiger partial charge in [0.05, 0.1) is 6.42 Å². The van der Waals surface area contributed by atoms with E-state index in [-0.39, 0.29) is 17.4 Å². The number of hydrogen-bond donors (Lipinski definition) is 2. The molecule has 0 aliphatic rings. The number of phenols is 1. The Hall–Kier alpha value is -1.16. The highest BCUT2D eigenvalue weighted by molar-refractivity contribution is 7.99. The van der Waals surface area contributed by atoms with Gasteiger partial charge in [-0.1, -0.05) is 19.1 Å².